The Morgan fingerprint density at radius 2 is 2.08 bits per heavy atom. The third kappa shape index (κ3) is 7.66. The molecule has 1 aliphatic heterocycles. The molecule has 1 aromatic heterocycles. The molecule has 0 bridgehead atoms. The van der Waals surface area contributed by atoms with Crippen LogP contribution in [0.4, 0.5) is 5.82 Å². The number of rotatable bonds is 8. The number of hydrogen-bond acceptors (Lipinski definition) is 6. The molecule has 2 amide bonds. The van der Waals surface area contributed by atoms with Gasteiger partial charge in [0.25, 0.3) is 0 Å². The number of thioether (sulfide) groups is 1. The molecule has 1 aliphatic rings. The van der Waals surface area contributed by atoms with Crippen molar-refractivity contribution >= 4 is 41.8 Å². The Morgan fingerprint density at radius 1 is 1.36 bits per heavy atom. The molecular formula is C16H27ClN4O3S. The van der Waals surface area contributed by atoms with Gasteiger partial charge in [0.15, 0.2) is 5.82 Å². The van der Waals surface area contributed by atoms with Gasteiger partial charge in [0.1, 0.15) is 5.76 Å². The summed E-state index contributed by atoms with van der Waals surface area (Å²) in [7, 11) is 0. The first kappa shape index (κ1) is 21.8. The third-order valence-corrected chi connectivity index (χ3v) is 4.92. The molecule has 0 radical (unpaired) electrons. The van der Waals surface area contributed by atoms with E-state index in [4.69, 9.17) is 4.52 Å². The van der Waals surface area contributed by atoms with E-state index in [0.717, 1.165) is 39.0 Å². The van der Waals surface area contributed by atoms with Gasteiger partial charge in [-0.1, -0.05) is 12.1 Å². The fraction of sp³-hybridized carbons (Fsp3) is 0.688. The van der Waals surface area contributed by atoms with Crippen molar-refractivity contribution in [2.45, 2.75) is 26.7 Å². The third-order valence-electron chi connectivity index (χ3n) is 4.00. The highest BCUT2D eigenvalue weighted by Gasteiger charge is 2.22. The predicted molar refractivity (Wildman–Crippen MR) is 102 cm³/mol. The van der Waals surface area contributed by atoms with Crippen LogP contribution in [-0.4, -0.2) is 59.6 Å². The summed E-state index contributed by atoms with van der Waals surface area (Å²) in [5.41, 5.74) is 0. The Kier molecular flexibility index (Phi) is 9.92. The summed E-state index contributed by atoms with van der Waals surface area (Å²) in [5, 5.41) is 9.72. The van der Waals surface area contributed by atoms with Gasteiger partial charge in [0.05, 0.1) is 11.5 Å². The zero-order chi connectivity index (χ0) is 17.4. The van der Waals surface area contributed by atoms with Gasteiger partial charge < -0.3 is 20.1 Å². The molecule has 0 saturated carbocycles. The highest BCUT2D eigenvalue weighted by molar-refractivity contribution is 8.00. The molecule has 2 rings (SSSR count). The normalized spacial score (nSPS) is 14.9. The molecule has 1 aromatic rings. The lowest BCUT2D eigenvalue weighted by atomic mass is 9.97. The molecule has 7 nitrogen and oxygen atoms in total. The van der Waals surface area contributed by atoms with Crippen molar-refractivity contribution in [2.75, 3.05) is 43.0 Å². The number of amides is 2. The number of nitrogens with one attached hydrogen (secondary N) is 2. The van der Waals surface area contributed by atoms with Gasteiger partial charge in [-0.25, -0.2) is 0 Å². The van der Waals surface area contributed by atoms with Crippen molar-refractivity contribution in [3.05, 3.63) is 11.8 Å². The number of hydrogen-bond donors (Lipinski definition) is 2. The number of aromatic nitrogens is 1. The van der Waals surface area contributed by atoms with Crippen LogP contribution in [0.25, 0.3) is 0 Å². The number of anilines is 1. The van der Waals surface area contributed by atoms with Gasteiger partial charge in [-0.2, -0.15) is 0 Å². The summed E-state index contributed by atoms with van der Waals surface area (Å²) < 4.78 is 4.88. The van der Waals surface area contributed by atoms with Crippen LogP contribution in [-0.2, 0) is 9.59 Å². The summed E-state index contributed by atoms with van der Waals surface area (Å²) in [6.07, 6.45) is 2.10. The van der Waals surface area contributed by atoms with Crippen LogP contribution < -0.4 is 10.6 Å². The highest BCUT2D eigenvalue weighted by Crippen LogP contribution is 2.17. The first-order chi connectivity index (χ1) is 11.6. The van der Waals surface area contributed by atoms with Crippen LogP contribution in [0, 0.1) is 12.8 Å². The van der Waals surface area contributed by atoms with E-state index in [0.29, 0.717) is 23.2 Å². The van der Waals surface area contributed by atoms with E-state index >= 15 is 0 Å². The van der Waals surface area contributed by atoms with Crippen LogP contribution in [0.15, 0.2) is 10.6 Å². The summed E-state index contributed by atoms with van der Waals surface area (Å²) >= 11 is 1.33. The summed E-state index contributed by atoms with van der Waals surface area (Å²) in [5.74, 6) is 2.23. The number of carbonyl (C=O) groups is 2. The summed E-state index contributed by atoms with van der Waals surface area (Å²) in [6.45, 7) is 7.54. The largest absolute Gasteiger partial charge is 0.360 e. The molecule has 142 valence electrons. The molecule has 0 unspecified atom stereocenters. The molecular weight excluding hydrogens is 364 g/mol. The van der Waals surface area contributed by atoms with Crippen LogP contribution in [0.2, 0.25) is 0 Å². The number of piperidine rings is 1. The molecule has 0 aliphatic carbocycles. The van der Waals surface area contributed by atoms with E-state index in [1.165, 1.54) is 11.8 Å². The SMILES string of the molecule is CCNCC1CCN(C(=O)CSCC(=O)Nc2cc(C)on2)CC1.Cl. The van der Waals surface area contributed by atoms with Gasteiger partial charge in [-0.3, -0.25) is 9.59 Å². The van der Waals surface area contributed by atoms with Crippen LogP contribution in [0.3, 0.4) is 0 Å². The molecule has 0 spiro atoms. The van der Waals surface area contributed by atoms with Gasteiger partial charge in [0.2, 0.25) is 11.8 Å². The Labute approximate surface area is 159 Å². The Balaban J connectivity index is 0.00000312. The maximum absolute atomic E-state index is 12.2. The minimum atomic E-state index is -0.176. The van der Waals surface area contributed by atoms with Gasteiger partial charge >= 0.3 is 0 Å². The zero-order valence-corrected chi connectivity index (χ0v) is 16.4. The standard InChI is InChI=1S/C16H26N4O3S.ClH/c1-3-17-9-13-4-6-20(7-5-13)16(22)11-24-10-15(21)18-14-8-12(2)23-19-14;/h8,13,17H,3-7,9-11H2,1-2H3,(H,18,19,21);1H. The summed E-state index contributed by atoms with van der Waals surface area (Å²) in [6, 6.07) is 1.66. The molecule has 9 heteroatoms. The zero-order valence-electron chi connectivity index (χ0n) is 14.7. The fourth-order valence-electron chi connectivity index (χ4n) is 2.66. The minimum absolute atomic E-state index is 0. The van der Waals surface area contributed by atoms with E-state index < -0.39 is 0 Å². The van der Waals surface area contributed by atoms with Crippen molar-refractivity contribution in [1.82, 2.24) is 15.4 Å². The van der Waals surface area contributed by atoms with Gasteiger partial charge in [-0.05, 0) is 38.8 Å². The van der Waals surface area contributed by atoms with Crippen molar-refractivity contribution < 1.29 is 14.1 Å². The second-order valence-electron chi connectivity index (χ2n) is 6.00. The van der Waals surface area contributed by atoms with E-state index in [1.807, 2.05) is 4.90 Å². The van der Waals surface area contributed by atoms with Crippen molar-refractivity contribution in [3.8, 4) is 0 Å². The smallest absolute Gasteiger partial charge is 0.235 e. The Hall–Kier alpha value is -1.25. The number of halogens is 1. The number of nitrogens with zero attached hydrogens (tertiary/aromatic N) is 2. The summed E-state index contributed by atoms with van der Waals surface area (Å²) in [4.78, 5) is 25.9. The lowest BCUT2D eigenvalue weighted by Crippen LogP contribution is -2.41. The minimum Gasteiger partial charge on any atom is -0.360 e. The molecule has 2 heterocycles. The number of aryl methyl sites for hydroxylation is 1. The maximum atomic E-state index is 12.2. The Morgan fingerprint density at radius 3 is 2.68 bits per heavy atom. The van der Waals surface area contributed by atoms with Crippen molar-refractivity contribution in [3.63, 3.8) is 0 Å². The second kappa shape index (κ2) is 11.4. The molecule has 0 atom stereocenters. The Bertz CT molecular complexity index is 547. The van der Waals surface area contributed by atoms with Crippen molar-refractivity contribution in [2.24, 2.45) is 5.92 Å². The average Bonchev–Trinajstić information content (AvgIpc) is 2.98. The van der Waals surface area contributed by atoms with E-state index in [9.17, 15) is 9.59 Å². The van der Waals surface area contributed by atoms with E-state index in [1.54, 1.807) is 13.0 Å². The molecule has 2 N–H and O–H groups in total. The average molecular weight is 391 g/mol. The predicted octanol–water partition coefficient (Wildman–Crippen LogP) is 1.92. The monoisotopic (exact) mass is 390 g/mol. The maximum Gasteiger partial charge on any atom is 0.235 e. The van der Waals surface area contributed by atoms with Crippen LogP contribution in [0.1, 0.15) is 25.5 Å². The molecule has 25 heavy (non-hydrogen) atoms. The van der Waals surface area contributed by atoms with E-state index in [2.05, 4.69) is 22.7 Å². The van der Waals surface area contributed by atoms with Crippen LogP contribution >= 0.6 is 24.2 Å². The lowest BCUT2D eigenvalue weighted by Gasteiger charge is -2.32. The van der Waals surface area contributed by atoms with Gasteiger partial charge in [-0.15, -0.1) is 24.2 Å². The first-order valence-corrected chi connectivity index (χ1v) is 9.53. The van der Waals surface area contributed by atoms with Crippen LogP contribution in [0.5, 0.6) is 0 Å². The van der Waals surface area contributed by atoms with E-state index in [-0.39, 0.29) is 30.0 Å². The quantitative estimate of drug-likeness (QED) is 0.705. The number of carbonyl (C=O) groups excluding carboxylic acids is 2. The van der Waals surface area contributed by atoms with Crippen molar-refractivity contribution in [1.29, 1.82) is 0 Å². The van der Waals surface area contributed by atoms with Gasteiger partial charge in [0, 0.05) is 19.2 Å². The lowest BCUT2D eigenvalue weighted by molar-refractivity contribution is -0.129. The topological polar surface area (TPSA) is 87.5 Å². The number of likely N-dealkylation sites (tertiary alicyclic amines) is 1. The first-order valence-electron chi connectivity index (χ1n) is 8.38. The highest BCUT2D eigenvalue weighted by atomic mass is 35.5. The molecule has 1 saturated heterocycles. The fourth-order valence-corrected chi connectivity index (χ4v) is 3.38. The molecule has 1 fully saturated rings. The second-order valence-corrected chi connectivity index (χ2v) is 6.98. The molecule has 0 aromatic carbocycles.